The Hall–Kier alpha value is -2.31. The van der Waals surface area contributed by atoms with E-state index in [2.05, 4.69) is 17.1 Å². The predicted octanol–water partition coefficient (Wildman–Crippen LogP) is 4.59. The van der Waals surface area contributed by atoms with Gasteiger partial charge in [-0.05, 0) is 36.8 Å². The SMILES string of the molecule is CCN(c1ccccc1)S(=O)(=O)c1ccc(SCc2ccccc2)nc1. The zero-order chi connectivity index (χ0) is 18.4. The summed E-state index contributed by atoms with van der Waals surface area (Å²) in [7, 11) is -3.63. The molecule has 26 heavy (non-hydrogen) atoms. The Kier molecular flexibility index (Phi) is 5.96. The molecular weight excluding hydrogens is 364 g/mol. The van der Waals surface area contributed by atoms with E-state index in [1.807, 2.05) is 43.3 Å². The Labute approximate surface area is 159 Å². The van der Waals surface area contributed by atoms with Crippen molar-refractivity contribution in [2.45, 2.75) is 22.6 Å². The first-order valence-corrected chi connectivity index (χ1v) is 10.7. The Morgan fingerprint density at radius 2 is 1.58 bits per heavy atom. The molecule has 0 unspecified atom stereocenters. The minimum atomic E-state index is -3.63. The van der Waals surface area contributed by atoms with Crippen molar-refractivity contribution in [3.05, 3.63) is 84.6 Å². The van der Waals surface area contributed by atoms with Gasteiger partial charge in [0.25, 0.3) is 10.0 Å². The van der Waals surface area contributed by atoms with Gasteiger partial charge in [0.15, 0.2) is 0 Å². The lowest BCUT2D eigenvalue weighted by Gasteiger charge is -2.22. The van der Waals surface area contributed by atoms with Crippen molar-refractivity contribution in [3.63, 3.8) is 0 Å². The summed E-state index contributed by atoms with van der Waals surface area (Å²) in [5, 5.41) is 0.801. The lowest BCUT2D eigenvalue weighted by Crippen LogP contribution is -2.30. The number of rotatable bonds is 7. The molecule has 0 saturated heterocycles. The van der Waals surface area contributed by atoms with Crippen molar-refractivity contribution in [2.24, 2.45) is 0 Å². The number of benzene rings is 2. The van der Waals surface area contributed by atoms with Gasteiger partial charge in [0.2, 0.25) is 0 Å². The summed E-state index contributed by atoms with van der Waals surface area (Å²) in [4.78, 5) is 4.53. The molecule has 0 spiro atoms. The second kappa shape index (κ2) is 8.38. The summed E-state index contributed by atoms with van der Waals surface area (Å²) in [5.74, 6) is 0.797. The number of nitrogens with zero attached hydrogens (tertiary/aromatic N) is 2. The molecule has 0 aliphatic heterocycles. The van der Waals surface area contributed by atoms with Crippen LogP contribution in [-0.2, 0) is 15.8 Å². The number of para-hydroxylation sites is 1. The highest BCUT2D eigenvalue weighted by Gasteiger charge is 2.23. The topological polar surface area (TPSA) is 50.3 Å². The molecule has 0 aliphatic carbocycles. The maximum absolute atomic E-state index is 12.9. The van der Waals surface area contributed by atoms with Crippen molar-refractivity contribution in [1.82, 2.24) is 4.98 Å². The predicted molar refractivity (Wildman–Crippen MR) is 107 cm³/mol. The normalized spacial score (nSPS) is 11.3. The van der Waals surface area contributed by atoms with E-state index in [9.17, 15) is 8.42 Å². The first-order valence-electron chi connectivity index (χ1n) is 8.32. The molecule has 1 aromatic heterocycles. The second-order valence-corrected chi connectivity index (χ2v) is 8.47. The number of anilines is 1. The van der Waals surface area contributed by atoms with Crippen LogP contribution in [0.4, 0.5) is 5.69 Å². The van der Waals surface area contributed by atoms with Crippen molar-refractivity contribution < 1.29 is 8.42 Å². The van der Waals surface area contributed by atoms with Crippen LogP contribution in [0, 0.1) is 0 Å². The van der Waals surface area contributed by atoms with Crippen LogP contribution in [0.2, 0.25) is 0 Å². The summed E-state index contributed by atoms with van der Waals surface area (Å²) in [6, 6.07) is 22.6. The zero-order valence-corrected chi connectivity index (χ0v) is 16.1. The van der Waals surface area contributed by atoms with Crippen LogP contribution in [0.3, 0.4) is 0 Å². The van der Waals surface area contributed by atoms with Gasteiger partial charge in [0, 0.05) is 18.5 Å². The summed E-state index contributed by atoms with van der Waals surface area (Å²) < 4.78 is 27.3. The summed E-state index contributed by atoms with van der Waals surface area (Å²) in [5.41, 5.74) is 1.86. The molecule has 0 atom stereocenters. The molecule has 0 amide bonds. The number of pyridine rings is 1. The molecule has 0 N–H and O–H groups in total. The number of hydrogen-bond acceptors (Lipinski definition) is 4. The molecule has 1 heterocycles. The lowest BCUT2D eigenvalue weighted by molar-refractivity contribution is 0.591. The standard InChI is InChI=1S/C20H20N2O2S2/c1-2-22(18-11-7-4-8-12-18)26(23,24)19-13-14-20(21-15-19)25-16-17-9-5-3-6-10-17/h3-15H,2,16H2,1H3. The van der Waals surface area contributed by atoms with Gasteiger partial charge in [-0.15, -0.1) is 11.8 Å². The quantitative estimate of drug-likeness (QED) is 0.559. The molecule has 0 aliphatic rings. The fourth-order valence-electron chi connectivity index (χ4n) is 2.55. The molecule has 2 aromatic carbocycles. The number of sulfonamides is 1. The van der Waals surface area contributed by atoms with Crippen LogP contribution in [0.1, 0.15) is 12.5 Å². The van der Waals surface area contributed by atoms with Gasteiger partial charge in [-0.25, -0.2) is 13.4 Å². The van der Waals surface area contributed by atoms with Crippen molar-refractivity contribution in [2.75, 3.05) is 10.8 Å². The highest BCUT2D eigenvalue weighted by atomic mass is 32.2. The van der Waals surface area contributed by atoms with Crippen LogP contribution in [0.5, 0.6) is 0 Å². The van der Waals surface area contributed by atoms with Gasteiger partial charge in [-0.3, -0.25) is 4.31 Å². The van der Waals surface area contributed by atoms with E-state index in [4.69, 9.17) is 0 Å². The van der Waals surface area contributed by atoms with Crippen LogP contribution >= 0.6 is 11.8 Å². The van der Waals surface area contributed by atoms with E-state index >= 15 is 0 Å². The highest BCUT2D eigenvalue weighted by Crippen LogP contribution is 2.25. The first kappa shape index (κ1) is 18.5. The molecule has 3 aromatic rings. The molecular formula is C20H20N2O2S2. The molecule has 0 saturated carbocycles. The average molecular weight is 385 g/mol. The third-order valence-corrected chi connectivity index (χ3v) is 6.76. The highest BCUT2D eigenvalue weighted by molar-refractivity contribution is 7.98. The van der Waals surface area contributed by atoms with Gasteiger partial charge in [0.05, 0.1) is 10.7 Å². The molecule has 4 nitrogen and oxygen atoms in total. The summed E-state index contributed by atoms with van der Waals surface area (Å²) >= 11 is 1.58. The molecule has 0 bridgehead atoms. The van der Waals surface area contributed by atoms with Gasteiger partial charge < -0.3 is 0 Å². The molecule has 134 valence electrons. The minimum Gasteiger partial charge on any atom is -0.267 e. The Balaban J connectivity index is 1.76. The zero-order valence-electron chi connectivity index (χ0n) is 14.4. The van der Waals surface area contributed by atoms with Crippen LogP contribution in [0.15, 0.2) is 88.9 Å². The van der Waals surface area contributed by atoms with Crippen molar-refractivity contribution >= 4 is 27.5 Å². The minimum absolute atomic E-state index is 0.201. The number of hydrogen-bond donors (Lipinski definition) is 0. The van der Waals surface area contributed by atoms with E-state index in [1.165, 1.54) is 16.1 Å². The van der Waals surface area contributed by atoms with E-state index in [1.54, 1.807) is 36.0 Å². The third-order valence-electron chi connectivity index (χ3n) is 3.86. The molecule has 0 radical (unpaired) electrons. The largest absolute Gasteiger partial charge is 0.267 e. The van der Waals surface area contributed by atoms with Crippen LogP contribution < -0.4 is 4.31 Å². The van der Waals surface area contributed by atoms with E-state index in [0.29, 0.717) is 12.2 Å². The fraction of sp³-hybridized carbons (Fsp3) is 0.150. The lowest BCUT2D eigenvalue weighted by atomic mass is 10.2. The van der Waals surface area contributed by atoms with Crippen molar-refractivity contribution in [1.29, 1.82) is 0 Å². The van der Waals surface area contributed by atoms with Gasteiger partial charge in [-0.1, -0.05) is 48.5 Å². The summed E-state index contributed by atoms with van der Waals surface area (Å²) in [6.45, 7) is 2.18. The summed E-state index contributed by atoms with van der Waals surface area (Å²) in [6.07, 6.45) is 1.44. The van der Waals surface area contributed by atoms with Gasteiger partial charge >= 0.3 is 0 Å². The van der Waals surface area contributed by atoms with E-state index < -0.39 is 10.0 Å². The first-order chi connectivity index (χ1) is 12.6. The Bertz CT molecular complexity index is 929. The maximum Gasteiger partial charge on any atom is 0.265 e. The maximum atomic E-state index is 12.9. The van der Waals surface area contributed by atoms with E-state index in [-0.39, 0.29) is 4.90 Å². The molecule has 0 fully saturated rings. The smallest absolute Gasteiger partial charge is 0.265 e. The second-order valence-electron chi connectivity index (χ2n) is 5.61. The molecule has 6 heteroatoms. The average Bonchev–Trinajstić information content (AvgIpc) is 2.69. The molecule has 3 rings (SSSR count). The van der Waals surface area contributed by atoms with Crippen LogP contribution in [-0.4, -0.2) is 19.9 Å². The number of thioether (sulfide) groups is 1. The van der Waals surface area contributed by atoms with E-state index in [0.717, 1.165) is 10.8 Å². The Morgan fingerprint density at radius 1 is 0.923 bits per heavy atom. The third kappa shape index (κ3) is 4.26. The monoisotopic (exact) mass is 384 g/mol. The van der Waals surface area contributed by atoms with Gasteiger partial charge in [0.1, 0.15) is 4.90 Å². The van der Waals surface area contributed by atoms with Gasteiger partial charge in [-0.2, -0.15) is 0 Å². The Morgan fingerprint density at radius 3 is 2.15 bits per heavy atom. The number of aromatic nitrogens is 1. The fourth-order valence-corrected chi connectivity index (χ4v) is 4.77. The van der Waals surface area contributed by atoms with Crippen LogP contribution in [0.25, 0.3) is 0 Å². The van der Waals surface area contributed by atoms with Crippen molar-refractivity contribution in [3.8, 4) is 0 Å².